The third-order valence-electron chi connectivity index (χ3n) is 2.06. The zero-order valence-electron chi connectivity index (χ0n) is 7.72. The molecule has 1 atom stereocenters. The molecule has 0 bridgehead atoms. The molecule has 1 aromatic carbocycles. The number of hydrogen-bond acceptors (Lipinski definition) is 1. The van der Waals surface area contributed by atoms with Crippen molar-refractivity contribution in [3.8, 4) is 0 Å². The van der Waals surface area contributed by atoms with Crippen LogP contribution in [0.2, 0.25) is 0 Å². The van der Waals surface area contributed by atoms with Crippen LogP contribution >= 0.6 is 31.9 Å². The highest BCUT2D eigenvalue weighted by Crippen LogP contribution is 2.32. The molecule has 72 valence electrons. The Hall–Kier alpha value is 0.140. The number of nitrogens with two attached hydrogens (primary N) is 1. The van der Waals surface area contributed by atoms with Gasteiger partial charge in [0.05, 0.1) is 0 Å². The van der Waals surface area contributed by atoms with Gasteiger partial charge in [-0.25, -0.2) is 0 Å². The molecule has 3 heteroatoms. The van der Waals surface area contributed by atoms with E-state index in [2.05, 4.69) is 51.8 Å². The van der Waals surface area contributed by atoms with Crippen LogP contribution in [0.15, 0.2) is 27.1 Å². The SMILES string of the molecule is CC(C)C(N)c1cccc(Br)c1Br. The van der Waals surface area contributed by atoms with Gasteiger partial charge in [0.2, 0.25) is 0 Å². The molecule has 0 fully saturated rings. The first-order chi connectivity index (χ1) is 6.04. The summed E-state index contributed by atoms with van der Waals surface area (Å²) in [6.07, 6.45) is 0. The van der Waals surface area contributed by atoms with E-state index in [9.17, 15) is 0 Å². The van der Waals surface area contributed by atoms with Crippen molar-refractivity contribution < 1.29 is 0 Å². The first-order valence-corrected chi connectivity index (χ1v) is 5.82. The van der Waals surface area contributed by atoms with Crippen LogP contribution in [-0.4, -0.2) is 0 Å². The van der Waals surface area contributed by atoms with Crippen LogP contribution in [0.5, 0.6) is 0 Å². The van der Waals surface area contributed by atoms with Crippen molar-refractivity contribution in [2.24, 2.45) is 11.7 Å². The zero-order chi connectivity index (χ0) is 10.0. The second-order valence-corrected chi connectivity index (χ2v) is 5.06. The van der Waals surface area contributed by atoms with Crippen molar-refractivity contribution in [3.63, 3.8) is 0 Å². The maximum absolute atomic E-state index is 6.06. The predicted molar refractivity (Wildman–Crippen MR) is 63.6 cm³/mol. The second kappa shape index (κ2) is 4.58. The fourth-order valence-electron chi connectivity index (χ4n) is 1.14. The van der Waals surface area contributed by atoms with Crippen molar-refractivity contribution in [2.45, 2.75) is 19.9 Å². The van der Waals surface area contributed by atoms with Crippen LogP contribution in [0.25, 0.3) is 0 Å². The van der Waals surface area contributed by atoms with E-state index in [4.69, 9.17) is 5.73 Å². The van der Waals surface area contributed by atoms with Crippen molar-refractivity contribution >= 4 is 31.9 Å². The molecule has 1 rings (SSSR count). The number of halogens is 2. The first-order valence-electron chi connectivity index (χ1n) is 4.23. The van der Waals surface area contributed by atoms with E-state index in [1.807, 2.05) is 12.1 Å². The van der Waals surface area contributed by atoms with Gasteiger partial charge >= 0.3 is 0 Å². The van der Waals surface area contributed by atoms with E-state index in [0.717, 1.165) is 14.5 Å². The molecule has 0 aliphatic carbocycles. The predicted octanol–water partition coefficient (Wildman–Crippen LogP) is 3.87. The average molecular weight is 307 g/mol. The van der Waals surface area contributed by atoms with E-state index < -0.39 is 0 Å². The lowest BCUT2D eigenvalue weighted by atomic mass is 9.97. The Labute approximate surface area is 96.0 Å². The molecular weight excluding hydrogens is 294 g/mol. The third-order valence-corrected chi connectivity index (χ3v) is 4.14. The highest BCUT2D eigenvalue weighted by molar-refractivity contribution is 9.13. The molecule has 1 unspecified atom stereocenters. The zero-order valence-corrected chi connectivity index (χ0v) is 10.9. The fourth-order valence-corrected chi connectivity index (χ4v) is 2.05. The normalized spacial score (nSPS) is 13.4. The average Bonchev–Trinajstić information content (AvgIpc) is 2.08. The van der Waals surface area contributed by atoms with Crippen LogP contribution < -0.4 is 5.73 Å². The van der Waals surface area contributed by atoms with E-state index in [-0.39, 0.29) is 6.04 Å². The lowest BCUT2D eigenvalue weighted by Gasteiger charge is -2.18. The summed E-state index contributed by atoms with van der Waals surface area (Å²) in [6.45, 7) is 4.25. The fraction of sp³-hybridized carbons (Fsp3) is 0.400. The van der Waals surface area contributed by atoms with Gasteiger partial charge in [-0.3, -0.25) is 0 Å². The topological polar surface area (TPSA) is 26.0 Å². The number of rotatable bonds is 2. The molecule has 0 spiro atoms. The minimum atomic E-state index is 0.0897. The van der Waals surface area contributed by atoms with Crippen molar-refractivity contribution in [3.05, 3.63) is 32.7 Å². The summed E-state index contributed by atoms with van der Waals surface area (Å²) >= 11 is 6.98. The maximum Gasteiger partial charge on any atom is 0.0365 e. The van der Waals surface area contributed by atoms with Gasteiger partial charge in [0.15, 0.2) is 0 Å². The van der Waals surface area contributed by atoms with Crippen LogP contribution in [0.4, 0.5) is 0 Å². The molecule has 1 nitrogen and oxygen atoms in total. The van der Waals surface area contributed by atoms with Gasteiger partial charge in [0.25, 0.3) is 0 Å². The standard InChI is InChI=1S/C10H13Br2N/c1-6(2)10(13)7-4-3-5-8(11)9(7)12/h3-6,10H,13H2,1-2H3. The van der Waals surface area contributed by atoms with Gasteiger partial charge in [-0.05, 0) is 49.4 Å². The second-order valence-electron chi connectivity index (χ2n) is 3.41. The monoisotopic (exact) mass is 305 g/mol. The molecular formula is C10H13Br2N. The molecule has 0 aliphatic rings. The largest absolute Gasteiger partial charge is 0.324 e. The van der Waals surface area contributed by atoms with E-state index in [0.29, 0.717) is 5.92 Å². The lowest BCUT2D eigenvalue weighted by Crippen LogP contribution is -2.17. The molecule has 0 aromatic heterocycles. The van der Waals surface area contributed by atoms with Crippen LogP contribution in [0, 0.1) is 5.92 Å². The Morgan fingerprint density at radius 2 is 1.85 bits per heavy atom. The minimum absolute atomic E-state index is 0.0897. The smallest absolute Gasteiger partial charge is 0.0365 e. The summed E-state index contributed by atoms with van der Waals surface area (Å²) in [7, 11) is 0. The number of benzene rings is 1. The Bertz CT molecular complexity index is 297. The van der Waals surface area contributed by atoms with Crippen molar-refractivity contribution in [2.75, 3.05) is 0 Å². The van der Waals surface area contributed by atoms with Crippen LogP contribution in [0.3, 0.4) is 0 Å². The van der Waals surface area contributed by atoms with Crippen LogP contribution in [-0.2, 0) is 0 Å². The highest BCUT2D eigenvalue weighted by atomic mass is 79.9. The van der Waals surface area contributed by atoms with E-state index in [1.165, 1.54) is 0 Å². The Morgan fingerprint density at radius 1 is 1.23 bits per heavy atom. The minimum Gasteiger partial charge on any atom is -0.324 e. The highest BCUT2D eigenvalue weighted by Gasteiger charge is 2.14. The molecule has 13 heavy (non-hydrogen) atoms. The summed E-state index contributed by atoms with van der Waals surface area (Å²) in [4.78, 5) is 0. The van der Waals surface area contributed by atoms with Crippen LogP contribution in [0.1, 0.15) is 25.5 Å². The lowest BCUT2D eigenvalue weighted by molar-refractivity contribution is 0.512. The van der Waals surface area contributed by atoms with Crippen molar-refractivity contribution in [1.82, 2.24) is 0 Å². The molecule has 0 saturated heterocycles. The Morgan fingerprint density at radius 3 is 2.38 bits per heavy atom. The molecule has 0 heterocycles. The van der Waals surface area contributed by atoms with E-state index >= 15 is 0 Å². The van der Waals surface area contributed by atoms with Gasteiger partial charge in [0, 0.05) is 15.0 Å². The number of hydrogen-bond donors (Lipinski definition) is 1. The summed E-state index contributed by atoms with van der Waals surface area (Å²) in [5.41, 5.74) is 7.21. The van der Waals surface area contributed by atoms with Gasteiger partial charge < -0.3 is 5.73 Å². The third kappa shape index (κ3) is 2.55. The Balaban J connectivity index is 3.07. The van der Waals surface area contributed by atoms with E-state index in [1.54, 1.807) is 0 Å². The summed E-state index contributed by atoms with van der Waals surface area (Å²) in [5, 5.41) is 0. The molecule has 0 radical (unpaired) electrons. The summed E-state index contributed by atoms with van der Waals surface area (Å²) < 4.78 is 2.12. The molecule has 0 aliphatic heterocycles. The molecule has 1 aromatic rings. The van der Waals surface area contributed by atoms with Gasteiger partial charge in [0.1, 0.15) is 0 Å². The molecule has 0 amide bonds. The molecule has 0 saturated carbocycles. The Kier molecular flexibility index (Phi) is 3.95. The van der Waals surface area contributed by atoms with Gasteiger partial charge in [-0.2, -0.15) is 0 Å². The first kappa shape index (κ1) is 11.2. The van der Waals surface area contributed by atoms with Crippen molar-refractivity contribution in [1.29, 1.82) is 0 Å². The summed E-state index contributed by atoms with van der Waals surface area (Å²) in [5.74, 6) is 0.450. The quantitative estimate of drug-likeness (QED) is 0.882. The maximum atomic E-state index is 6.06. The van der Waals surface area contributed by atoms with Gasteiger partial charge in [-0.1, -0.05) is 26.0 Å². The molecule has 2 N–H and O–H groups in total. The summed E-state index contributed by atoms with van der Waals surface area (Å²) in [6, 6.07) is 6.15. The van der Waals surface area contributed by atoms with Gasteiger partial charge in [-0.15, -0.1) is 0 Å².